The van der Waals surface area contributed by atoms with E-state index in [0.29, 0.717) is 12.5 Å². The second kappa shape index (κ2) is 13.5. The molecule has 0 aromatic heterocycles. The molecule has 2 nitrogen and oxygen atoms in total. The molecule has 0 radical (unpaired) electrons. The average molecular weight is 344 g/mol. The zero-order valence-electron chi connectivity index (χ0n) is 16.8. The highest BCUT2D eigenvalue weighted by molar-refractivity contribution is 5.66. The second-order valence-electron chi connectivity index (χ2n) is 6.66. The van der Waals surface area contributed by atoms with Crippen molar-refractivity contribution in [2.24, 2.45) is 0 Å². The van der Waals surface area contributed by atoms with Crippen LogP contribution in [0.25, 0.3) is 5.57 Å². The van der Waals surface area contributed by atoms with Gasteiger partial charge in [-0.2, -0.15) is 0 Å². The molecule has 2 unspecified atom stereocenters. The van der Waals surface area contributed by atoms with Crippen LogP contribution in [0.5, 0.6) is 0 Å². The molecule has 1 aromatic rings. The first-order valence-corrected chi connectivity index (χ1v) is 9.34. The minimum atomic E-state index is 0.230. The summed E-state index contributed by atoms with van der Waals surface area (Å²) in [5, 5.41) is 12.8. The molecule has 0 aliphatic heterocycles. The van der Waals surface area contributed by atoms with Crippen molar-refractivity contribution in [3.8, 4) is 0 Å². The second-order valence-corrected chi connectivity index (χ2v) is 6.66. The summed E-state index contributed by atoms with van der Waals surface area (Å²) in [7, 11) is 0. The molecular weight excluding hydrogens is 306 g/mol. The van der Waals surface area contributed by atoms with E-state index in [9.17, 15) is 5.11 Å². The minimum Gasteiger partial charge on any atom is -0.513 e. The maximum absolute atomic E-state index is 9.23. The summed E-state index contributed by atoms with van der Waals surface area (Å²) in [5.74, 6) is 0.249. The Hall–Kier alpha value is -1.80. The Morgan fingerprint density at radius 3 is 2.20 bits per heavy atom. The van der Waals surface area contributed by atoms with Crippen molar-refractivity contribution in [1.82, 2.24) is 5.32 Å². The van der Waals surface area contributed by atoms with Gasteiger partial charge in [-0.25, -0.2) is 0 Å². The van der Waals surface area contributed by atoms with Crippen molar-refractivity contribution in [3.05, 3.63) is 66.5 Å². The summed E-state index contributed by atoms with van der Waals surface area (Å²) in [6, 6.07) is 11.0. The van der Waals surface area contributed by atoms with E-state index in [0.717, 1.165) is 18.4 Å². The number of hydrogen-bond donors (Lipinski definition) is 2. The Bertz CT molecular complexity index is 530. The number of rotatable bonds is 9. The van der Waals surface area contributed by atoms with Gasteiger partial charge < -0.3 is 10.4 Å². The van der Waals surface area contributed by atoms with E-state index in [4.69, 9.17) is 0 Å². The van der Waals surface area contributed by atoms with Crippen molar-refractivity contribution in [2.45, 2.75) is 72.4 Å². The lowest BCUT2D eigenvalue weighted by Crippen LogP contribution is -2.37. The molecule has 0 amide bonds. The van der Waals surface area contributed by atoms with Crippen LogP contribution in [0, 0.1) is 0 Å². The summed E-state index contributed by atoms with van der Waals surface area (Å²) < 4.78 is 0. The molecule has 2 heteroatoms. The SMILES string of the molecule is C=C(O)CCC(C)NC(C/C(=C/C)c1ccccc1)C(=C)C.CCC. The molecule has 1 aromatic carbocycles. The van der Waals surface area contributed by atoms with Crippen molar-refractivity contribution < 1.29 is 5.11 Å². The molecule has 2 atom stereocenters. The summed E-state index contributed by atoms with van der Waals surface area (Å²) in [6.45, 7) is 18.2. The number of aliphatic hydroxyl groups excluding tert-OH is 1. The van der Waals surface area contributed by atoms with Crippen LogP contribution in [0.1, 0.15) is 65.9 Å². The van der Waals surface area contributed by atoms with E-state index in [-0.39, 0.29) is 11.8 Å². The Labute approximate surface area is 155 Å². The zero-order chi connectivity index (χ0) is 19.2. The van der Waals surface area contributed by atoms with Gasteiger partial charge in [0.1, 0.15) is 0 Å². The van der Waals surface area contributed by atoms with Gasteiger partial charge in [0.15, 0.2) is 0 Å². The normalized spacial score (nSPS) is 13.4. The van der Waals surface area contributed by atoms with E-state index in [2.05, 4.69) is 83.4 Å². The molecule has 2 N–H and O–H groups in total. The largest absolute Gasteiger partial charge is 0.513 e. The zero-order valence-corrected chi connectivity index (χ0v) is 16.8. The van der Waals surface area contributed by atoms with Gasteiger partial charge >= 0.3 is 0 Å². The topological polar surface area (TPSA) is 32.3 Å². The van der Waals surface area contributed by atoms with Crippen LogP contribution >= 0.6 is 0 Å². The number of allylic oxidation sites excluding steroid dienone is 2. The fraction of sp³-hybridized carbons (Fsp3) is 0.478. The molecular formula is C23H37NO. The third kappa shape index (κ3) is 10.6. The molecule has 0 bridgehead atoms. The van der Waals surface area contributed by atoms with Crippen LogP contribution < -0.4 is 5.32 Å². The molecule has 25 heavy (non-hydrogen) atoms. The molecule has 0 saturated carbocycles. The van der Waals surface area contributed by atoms with Gasteiger partial charge in [0, 0.05) is 18.5 Å². The molecule has 0 fully saturated rings. The van der Waals surface area contributed by atoms with E-state index in [1.54, 1.807) is 0 Å². The quantitative estimate of drug-likeness (QED) is 0.387. The molecule has 0 spiro atoms. The molecule has 0 heterocycles. The smallest absolute Gasteiger partial charge is 0.0851 e. The first-order valence-electron chi connectivity index (χ1n) is 9.34. The Kier molecular flexibility index (Phi) is 12.5. The van der Waals surface area contributed by atoms with Crippen LogP contribution in [0.4, 0.5) is 0 Å². The Morgan fingerprint density at radius 1 is 1.20 bits per heavy atom. The predicted molar refractivity (Wildman–Crippen MR) is 113 cm³/mol. The average Bonchev–Trinajstić information content (AvgIpc) is 2.58. The molecule has 1 rings (SSSR count). The third-order valence-corrected chi connectivity index (χ3v) is 3.86. The van der Waals surface area contributed by atoms with Gasteiger partial charge in [-0.05, 0) is 44.7 Å². The standard InChI is InChI=1S/C20H29NO.C3H8/c1-6-18(19-10-8-7-9-11-19)14-20(15(2)3)21-16(4)12-13-17(5)22;1-3-2/h6-11,16,20-22H,2,5,12-14H2,1,3-4H3;3H2,1-2H3/b18-6-;. The number of hydrogen-bond acceptors (Lipinski definition) is 2. The van der Waals surface area contributed by atoms with Crippen LogP contribution in [0.2, 0.25) is 0 Å². The maximum Gasteiger partial charge on any atom is 0.0851 e. The van der Waals surface area contributed by atoms with Crippen molar-refractivity contribution in [2.75, 3.05) is 0 Å². The Balaban J connectivity index is 0.00000178. The minimum absolute atomic E-state index is 0.230. The molecule has 0 aliphatic carbocycles. The first-order chi connectivity index (χ1) is 11.8. The third-order valence-electron chi connectivity index (χ3n) is 3.86. The van der Waals surface area contributed by atoms with E-state index >= 15 is 0 Å². The highest BCUT2D eigenvalue weighted by atomic mass is 16.3. The lowest BCUT2D eigenvalue weighted by molar-refractivity contribution is 0.367. The van der Waals surface area contributed by atoms with Crippen LogP contribution in [-0.4, -0.2) is 17.2 Å². The number of nitrogens with one attached hydrogen (secondary N) is 1. The van der Waals surface area contributed by atoms with Gasteiger partial charge in [0.25, 0.3) is 0 Å². The Morgan fingerprint density at radius 2 is 1.76 bits per heavy atom. The van der Waals surface area contributed by atoms with Gasteiger partial charge in [-0.3, -0.25) is 0 Å². The maximum atomic E-state index is 9.23. The summed E-state index contributed by atoms with van der Waals surface area (Å²) in [5.41, 5.74) is 3.71. The fourth-order valence-corrected chi connectivity index (χ4v) is 2.46. The highest BCUT2D eigenvalue weighted by Gasteiger charge is 2.15. The summed E-state index contributed by atoms with van der Waals surface area (Å²) in [6.07, 6.45) is 5.84. The van der Waals surface area contributed by atoms with Crippen LogP contribution in [0.15, 0.2) is 60.9 Å². The van der Waals surface area contributed by atoms with Crippen molar-refractivity contribution in [3.63, 3.8) is 0 Å². The van der Waals surface area contributed by atoms with Crippen LogP contribution in [0.3, 0.4) is 0 Å². The van der Waals surface area contributed by atoms with Gasteiger partial charge in [-0.1, -0.05) is 75.4 Å². The summed E-state index contributed by atoms with van der Waals surface area (Å²) >= 11 is 0. The lowest BCUT2D eigenvalue weighted by atomic mass is 9.94. The van der Waals surface area contributed by atoms with E-state index in [1.165, 1.54) is 17.6 Å². The number of benzene rings is 1. The molecule has 0 saturated heterocycles. The lowest BCUT2D eigenvalue weighted by Gasteiger charge is -2.25. The molecule has 0 aliphatic rings. The van der Waals surface area contributed by atoms with Gasteiger partial charge in [-0.15, -0.1) is 0 Å². The highest BCUT2D eigenvalue weighted by Crippen LogP contribution is 2.22. The molecule has 140 valence electrons. The summed E-state index contributed by atoms with van der Waals surface area (Å²) in [4.78, 5) is 0. The van der Waals surface area contributed by atoms with Crippen molar-refractivity contribution >= 4 is 5.57 Å². The van der Waals surface area contributed by atoms with Gasteiger partial charge in [0.05, 0.1) is 5.76 Å². The monoisotopic (exact) mass is 343 g/mol. The number of aliphatic hydroxyl groups is 1. The first kappa shape index (κ1) is 23.2. The van der Waals surface area contributed by atoms with Gasteiger partial charge in [0.2, 0.25) is 0 Å². The van der Waals surface area contributed by atoms with Crippen LogP contribution in [-0.2, 0) is 0 Å². The van der Waals surface area contributed by atoms with E-state index in [1.807, 2.05) is 6.07 Å². The fourth-order valence-electron chi connectivity index (χ4n) is 2.46. The van der Waals surface area contributed by atoms with E-state index < -0.39 is 0 Å². The van der Waals surface area contributed by atoms with Crippen molar-refractivity contribution in [1.29, 1.82) is 0 Å². The predicted octanol–water partition coefficient (Wildman–Crippen LogP) is 6.67.